The Morgan fingerprint density at radius 1 is 0.912 bits per heavy atom. The maximum absolute atomic E-state index is 12.2. The second kappa shape index (κ2) is 8.43. The molecule has 0 atom stereocenters. The zero-order chi connectivity index (χ0) is 23.7. The summed E-state index contributed by atoms with van der Waals surface area (Å²) >= 11 is 0. The topological polar surface area (TPSA) is 102 Å². The number of pyridine rings is 1. The van der Waals surface area contributed by atoms with Crippen LogP contribution in [0.3, 0.4) is 0 Å². The minimum Gasteiger partial charge on any atom is -0.357 e. The van der Waals surface area contributed by atoms with Gasteiger partial charge in [0.1, 0.15) is 17.4 Å². The lowest BCUT2D eigenvalue weighted by Crippen LogP contribution is -2.43. The van der Waals surface area contributed by atoms with Crippen LogP contribution in [0.5, 0.6) is 0 Å². The predicted octanol–water partition coefficient (Wildman–Crippen LogP) is 3.88. The molecule has 4 heterocycles. The molecule has 5 rings (SSSR count). The molecule has 1 amide bonds. The number of amides is 1. The van der Waals surface area contributed by atoms with Crippen LogP contribution in [-0.4, -0.2) is 42.3 Å². The number of hydrogen-bond donors (Lipinski definition) is 2. The van der Waals surface area contributed by atoms with Gasteiger partial charge in [0.05, 0.1) is 6.20 Å². The van der Waals surface area contributed by atoms with Crippen molar-refractivity contribution in [3.63, 3.8) is 0 Å². The van der Waals surface area contributed by atoms with Crippen molar-refractivity contribution in [2.24, 2.45) is 0 Å². The Hall–Kier alpha value is -4.53. The first-order valence-electron chi connectivity index (χ1n) is 10.8. The third-order valence-corrected chi connectivity index (χ3v) is 5.84. The maximum atomic E-state index is 12.2. The standard InChI is InChI=1S/C25H24N8O/c1-25(2,24(34)26-3)33-15-20(13-29-33)18-6-4-17(5-7-18)19-12-22-23(28-16-30-32(22)14-19)31-21-8-10-27-11-9-21/h4-16H,1-3H3,(H,26,34)(H,27,28,30,31). The SMILES string of the molecule is CNC(=O)C(C)(C)n1cc(-c2ccc(-c3cc4c(Nc5ccncc5)ncnn4c3)cc2)cn1. The van der Waals surface area contributed by atoms with Crippen molar-refractivity contribution in [1.82, 2.24) is 34.7 Å². The van der Waals surface area contributed by atoms with E-state index < -0.39 is 5.54 Å². The van der Waals surface area contributed by atoms with Gasteiger partial charge in [0.15, 0.2) is 5.82 Å². The number of hydrogen-bond acceptors (Lipinski definition) is 6. The highest BCUT2D eigenvalue weighted by Crippen LogP contribution is 2.29. The number of carbonyl (C=O) groups excluding carboxylic acids is 1. The Bertz CT molecular complexity index is 1450. The summed E-state index contributed by atoms with van der Waals surface area (Å²) in [6, 6.07) is 14.1. The van der Waals surface area contributed by atoms with Crippen LogP contribution in [0.4, 0.5) is 11.5 Å². The molecule has 0 saturated heterocycles. The minimum atomic E-state index is -0.775. The summed E-state index contributed by atoms with van der Waals surface area (Å²) in [7, 11) is 1.63. The molecule has 0 radical (unpaired) electrons. The highest BCUT2D eigenvalue weighted by atomic mass is 16.2. The highest BCUT2D eigenvalue weighted by molar-refractivity contribution is 5.83. The molecule has 0 bridgehead atoms. The van der Waals surface area contributed by atoms with E-state index in [4.69, 9.17) is 0 Å². The lowest BCUT2D eigenvalue weighted by molar-refractivity contribution is -0.128. The molecule has 34 heavy (non-hydrogen) atoms. The van der Waals surface area contributed by atoms with Gasteiger partial charge in [-0.25, -0.2) is 9.50 Å². The van der Waals surface area contributed by atoms with Crippen LogP contribution in [0.15, 0.2) is 79.8 Å². The van der Waals surface area contributed by atoms with E-state index in [2.05, 4.69) is 49.0 Å². The van der Waals surface area contributed by atoms with Crippen LogP contribution in [0.1, 0.15) is 13.8 Å². The van der Waals surface area contributed by atoms with Crippen LogP contribution in [0.2, 0.25) is 0 Å². The molecule has 0 saturated carbocycles. The van der Waals surface area contributed by atoms with Crippen molar-refractivity contribution in [2.75, 3.05) is 12.4 Å². The number of anilines is 2. The van der Waals surface area contributed by atoms with Crippen molar-refractivity contribution >= 4 is 22.9 Å². The Balaban J connectivity index is 1.41. The summed E-state index contributed by atoms with van der Waals surface area (Å²) in [5.74, 6) is 0.620. The van der Waals surface area contributed by atoms with Crippen LogP contribution in [0, 0.1) is 0 Å². The van der Waals surface area contributed by atoms with Gasteiger partial charge in [-0.2, -0.15) is 10.2 Å². The average Bonchev–Trinajstić information content (AvgIpc) is 3.53. The van der Waals surface area contributed by atoms with Crippen LogP contribution >= 0.6 is 0 Å². The molecule has 0 unspecified atom stereocenters. The number of aromatic nitrogens is 6. The summed E-state index contributed by atoms with van der Waals surface area (Å²) in [4.78, 5) is 20.6. The fourth-order valence-corrected chi connectivity index (χ4v) is 3.80. The molecule has 0 spiro atoms. The first-order chi connectivity index (χ1) is 16.5. The smallest absolute Gasteiger partial charge is 0.247 e. The van der Waals surface area contributed by atoms with Crippen molar-refractivity contribution in [2.45, 2.75) is 19.4 Å². The fourth-order valence-electron chi connectivity index (χ4n) is 3.80. The second-order valence-corrected chi connectivity index (χ2v) is 8.42. The lowest BCUT2D eigenvalue weighted by atomic mass is 10.0. The van der Waals surface area contributed by atoms with E-state index in [0.29, 0.717) is 0 Å². The summed E-state index contributed by atoms with van der Waals surface area (Å²) < 4.78 is 3.50. The van der Waals surface area contributed by atoms with E-state index in [1.807, 2.05) is 55.0 Å². The first-order valence-corrected chi connectivity index (χ1v) is 10.8. The number of benzene rings is 1. The summed E-state index contributed by atoms with van der Waals surface area (Å²) in [5, 5.41) is 14.8. The summed E-state index contributed by atoms with van der Waals surface area (Å²) in [5.41, 5.74) is 5.05. The van der Waals surface area contributed by atoms with Crippen molar-refractivity contribution in [3.8, 4) is 22.3 Å². The van der Waals surface area contributed by atoms with Crippen LogP contribution in [-0.2, 0) is 10.3 Å². The van der Waals surface area contributed by atoms with E-state index in [-0.39, 0.29) is 5.91 Å². The Morgan fingerprint density at radius 3 is 2.32 bits per heavy atom. The molecule has 5 aromatic rings. The van der Waals surface area contributed by atoms with Gasteiger partial charge >= 0.3 is 0 Å². The highest BCUT2D eigenvalue weighted by Gasteiger charge is 2.29. The van der Waals surface area contributed by atoms with E-state index in [0.717, 1.165) is 39.3 Å². The lowest BCUT2D eigenvalue weighted by Gasteiger charge is -2.22. The molecule has 2 N–H and O–H groups in total. The maximum Gasteiger partial charge on any atom is 0.247 e. The molecular formula is C25H24N8O. The van der Waals surface area contributed by atoms with Gasteiger partial charge in [0, 0.05) is 48.6 Å². The third-order valence-electron chi connectivity index (χ3n) is 5.84. The van der Waals surface area contributed by atoms with E-state index in [1.165, 1.54) is 6.33 Å². The zero-order valence-corrected chi connectivity index (χ0v) is 19.1. The Kier molecular flexibility index (Phi) is 5.29. The molecule has 170 valence electrons. The normalized spacial score (nSPS) is 11.5. The number of likely N-dealkylation sites (N-methyl/N-ethyl adjacent to an activating group) is 1. The van der Waals surface area contributed by atoms with Gasteiger partial charge in [0.25, 0.3) is 0 Å². The molecule has 0 fully saturated rings. The predicted molar refractivity (Wildman–Crippen MR) is 131 cm³/mol. The second-order valence-electron chi connectivity index (χ2n) is 8.42. The Labute approximate surface area is 196 Å². The first kappa shape index (κ1) is 21.3. The van der Waals surface area contributed by atoms with Crippen molar-refractivity contribution in [1.29, 1.82) is 0 Å². The molecule has 0 aliphatic carbocycles. The van der Waals surface area contributed by atoms with E-state index in [9.17, 15) is 4.79 Å². The van der Waals surface area contributed by atoms with Crippen molar-refractivity contribution in [3.05, 3.63) is 79.8 Å². The van der Waals surface area contributed by atoms with Gasteiger partial charge in [-0.1, -0.05) is 24.3 Å². The van der Waals surface area contributed by atoms with Gasteiger partial charge in [-0.15, -0.1) is 0 Å². The van der Waals surface area contributed by atoms with Gasteiger partial charge in [-0.05, 0) is 43.2 Å². The number of rotatable bonds is 6. The van der Waals surface area contributed by atoms with E-state index >= 15 is 0 Å². The average molecular weight is 453 g/mol. The van der Waals surface area contributed by atoms with Gasteiger partial charge in [-0.3, -0.25) is 14.5 Å². The number of fused-ring (bicyclic) bond motifs is 1. The molecule has 9 heteroatoms. The monoisotopic (exact) mass is 452 g/mol. The largest absolute Gasteiger partial charge is 0.357 e. The van der Waals surface area contributed by atoms with Crippen molar-refractivity contribution < 1.29 is 4.79 Å². The Morgan fingerprint density at radius 2 is 1.62 bits per heavy atom. The minimum absolute atomic E-state index is 0.0980. The van der Waals surface area contributed by atoms with Crippen LogP contribution in [0.25, 0.3) is 27.8 Å². The third kappa shape index (κ3) is 3.88. The quantitative estimate of drug-likeness (QED) is 0.405. The summed E-state index contributed by atoms with van der Waals surface area (Å²) in [6.07, 6.45) is 10.6. The molecule has 0 aliphatic rings. The zero-order valence-electron chi connectivity index (χ0n) is 19.1. The number of nitrogens with one attached hydrogen (secondary N) is 2. The number of carbonyl (C=O) groups is 1. The van der Waals surface area contributed by atoms with Crippen LogP contribution < -0.4 is 10.6 Å². The summed E-state index contributed by atoms with van der Waals surface area (Å²) in [6.45, 7) is 3.67. The number of nitrogens with zero attached hydrogens (tertiary/aromatic N) is 6. The molecular weight excluding hydrogens is 428 g/mol. The molecule has 4 aromatic heterocycles. The van der Waals surface area contributed by atoms with E-state index in [1.54, 1.807) is 30.3 Å². The fraction of sp³-hybridized carbons (Fsp3) is 0.160. The molecule has 0 aliphatic heterocycles. The van der Waals surface area contributed by atoms with Gasteiger partial charge in [0.2, 0.25) is 5.91 Å². The van der Waals surface area contributed by atoms with Gasteiger partial charge < -0.3 is 10.6 Å². The molecule has 1 aromatic carbocycles. The molecule has 9 nitrogen and oxygen atoms in total.